The van der Waals surface area contributed by atoms with Crippen LogP contribution in [0.3, 0.4) is 0 Å². The Bertz CT molecular complexity index is 1160. The van der Waals surface area contributed by atoms with Gasteiger partial charge in [-0.1, -0.05) is 48.5 Å². The van der Waals surface area contributed by atoms with Gasteiger partial charge in [0, 0.05) is 55.8 Å². The van der Waals surface area contributed by atoms with Gasteiger partial charge >= 0.3 is 5.97 Å². The number of hydrogen-bond acceptors (Lipinski definition) is 5. The monoisotopic (exact) mass is 443 g/mol. The Morgan fingerprint density at radius 2 is 1.67 bits per heavy atom. The Labute approximate surface area is 194 Å². The highest BCUT2D eigenvalue weighted by Crippen LogP contribution is 2.29. The number of benzene rings is 2. The van der Waals surface area contributed by atoms with Crippen LogP contribution >= 0.6 is 0 Å². The van der Waals surface area contributed by atoms with Crippen molar-refractivity contribution < 1.29 is 14.3 Å². The van der Waals surface area contributed by atoms with E-state index in [-0.39, 0.29) is 12.5 Å². The van der Waals surface area contributed by atoms with Crippen molar-refractivity contribution in [3.8, 4) is 0 Å². The standard InChI is InChI=1S/C27H29N3O3/c31-25(30-14-7-2-8-15-30)19-33-27(32)26-21-11-5-6-12-23(21)28-24-13-16-29(18-22(24)26)17-20-9-3-1-4-10-20/h1,3-6,9-12H,2,7-8,13-19H2. The molecule has 0 spiro atoms. The number of nitrogens with zero attached hydrogens (tertiary/aromatic N) is 3. The van der Waals surface area contributed by atoms with E-state index in [0.717, 1.165) is 74.0 Å². The van der Waals surface area contributed by atoms with Gasteiger partial charge in [0.2, 0.25) is 0 Å². The molecule has 3 aromatic rings. The van der Waals surface area contributed by atoms with Gasteiger partial charge in [-0.25, -0.2) is 4.79 Å². The lowest BCUT2D eigenvalue weighted by Crippen LogP contribution is -2.38. The Balaban J connectivity index is 1.40. The number of esters is 1. The molecule has 0 saturated carbocycles. The molecule has 0 radical (unpaired) electrons. The summed E-state index contributed by atoms with van der Waals surface area (Å²) in [5.74, 6) is -0.544. The molecule has 6 heteroatoms. The summed E-state index contributed by atoms with van der Waals surface area (Å²) in [4.78, 5) is 34.9. The summed E-state index contributed by atoms with van der Waals surface area (Å²) in [5, 5.41) is 0.785. The van der Waals surface area contributed by atoms with Gasteiger partial charge in [-0.05, 0) is 30.9 Å². The zero-order valence-electron chi connectivity index (χ0n) is 18.8. The van der Waals surface area contributed by atoms with Crippen molar-refractivity contribution in [3.63, 3.8) is 0 Å². The largest absolute Gasteiger partial charge is 0.452 e. The van der Waals surface area contributed by atoms with E-state index in [9.17, 15) is 9.59 Å². The summed E-state index contributed by atoms with van der Waals surface area (Å²) in [5.41, 5.74) is 4.46. The Morgan fingerprint density at radius 1 is 0.909 bits per heavy atom. The van der Waals surface area contributed by atoms with Gasteiger partial charge in [-0.2, -0.15) is 0 Å². The fourth-order valence-corrected chi connectivity index (χ4v) is 4.89. The Hall–Kier alpha value is -3.25. The molecule has 33 heavy (non-hydrogen) atoms. The van der Waals surface area contributed by atoms with Crippen LogP contribution in [0, 0.1) is 0 Å². The number of piperidine rings is 1. The predicted octanol–water partition coefficient (Wildman–Crippen LogP) is 3.96. The molecule has 170 valence electrons. The van der Waals surface area contributed by atoms with E-state index in [2.05, 4.69) is 17.0 Å². The summed E-state index contributed by atoms with van der Waals surface area (Å²) >= 11 is 0. The number of rotatable bonds is 5. The van der Waals surface area contributed by atoms with Crippen LogP contribution in [-0.4, -0.2) is 52.9 Å². The van der Waals surface area contributed by atoms with Crippen molar-refractivity contribution >= 4 is 22.8 Å². The van der Waals surface area contributed by atoms with Crippen LogP contribution in [0.15, 0.2) is 54.6 Å². The molecular formula is C27H29N3O3. The van der Waals surface area contributed by atoms with Crippen LogP contribution < -0.4 is 0 Å². The number of aromatic nitrogens is 1. The molecular weight excluding hydrogens is 414 g/mol. The first kappa shape index (κ1) is 21.6. The minimum absolute atomic E-state index is 0.110. The van der Waals surface area contributed by atoms with Gasteiger partial charge < -0.3 is 9.64 Å². The van der Waals surface area contributed by atoms with E-state index in [1.165, 1.54) is 5.56 Å². The van der Waals surface area contributed by atoms with Gasteiger partial charge in [0.05, 0.1) is 11.1 Å². The molecule has 0 atom stereocenters. The van der Waals surface area contributed by atoms with E-state index >= 15 is 0 Å². The van der Waals surface area contributed by atoms with E-state index in [0.29, 0.717) is 12.1 Å². The number of carbonyl (C=O) groups excluding carboxylic acids is 2. The van der Waals surface area contributed by atoms with Crippen LogP contribution in [-0.2, 0) is 29.0 Å². The number of carbonyl (C=O) groups is 2. The lowest BCUT2D eigenvalue weighted by Gasteiger charge is -2.30. The van der Waals surface area contributed by atoms with Crippen molar-refractivity contribution in [2.24, 2.45) is 0 Å². The third-order valence-corrected chi connectivity index (χ3v) is 6.61. The van der Waals surface area contributed by atoms with Crippen LogP contribution in [0.5, 0.6) is 0 Å². The van der Waals surface area contributed by atoms with E-state index in [1.54, 1.807) is 4.90 Å². The van der Waals surface area contributed by atoms with E-state index < -0.39 is 5.97 Å². The number of fused-ring (bicyclic) bond motifs is 2. The molecule has 6 nitrogen and oxygen atoms in total. The van der Waals surface area contributed by atoms with Crippen LogP contribution in [0.2, 0.25) is 0 Å². The maximum atomic E-state index is 13.3. The molecule has 1 aromatic heterocycles. The topological polar surface area (TPSA) is 62.7 Å². The summed E-state index contributed by atoms with van der Waals surface area (Å²) < 4.78 is 5.59. The quantitative estimate of drug-likeness (QED) is 0.559. The van der Waals surface area contributed by atoms with Crippen LogP contribution in [0.25, 0.3) is 10.9 Å². The zero-order chi connectivity index (χ0) is 22.6. The minimum atomic E-state index is -0.434. The molecule has 2 aromatic carbocycles. The first-order valence-corrected chi connectivity index (χ1v) is 11.8. The van der Waals surface area contributed by atoms with E-state index in [4.69, 9.17) is 9.72 Å². The zero-order valence-corrected chi connectivity index (χ0v) is 18.8. The highest BCUT2D eigenvalue weighted by atomic mass is 16.5. The first-order valence-electron chi connectivity index (χ1n) is 11.8. The highest BCUT2D eigenvalue weighted by molar-refractivity contribution is 6.05. The summed E-state index contributed by atoms with van der Waals surface area (Å²) in [6, 6.07) is 18.0. The normalized spacial score (nSPS) is 16.4. The number of hydrogen-bond donors (Lipinski definition) is 0. The third kappa shape index (κ3) is 4.76. The molecule has 1 amide bonds. The number of pyridine rings is 1. The second-order valence-corrected chi connectivity index (χ2v) is 8.89. The van der Waals surface area contributed by atoms with Crippen molar-refractivity contribution in [3.05, 3.63) is 77.0 Å². The van der Waals surface area contributed by atoms with Crippen molar-refractivity contribution in [2.45, 2.75) is 38.8 Å². The molecule has 1 saturated heterocycles. The first-order chi connectivity index (χ1) is 16.2. The lowest BCUT2D eigenvalue weighted by molar-refractivity contribution is -0.135. The smallest absolute Gasteiger partial charge is 0.339 e. The highest BCUT2D eigenvalue weighted by Gasteiger charge is 2.27. The molecule has 2 aliphatic heterocycles. The Kier molecular flexibility index (Phi) is 6.35. The maximum absolute atomic E-state index is 13.3. The molecule has 0 aliphatic carbocycles. The summed E-state index contributed by atoms with van der Waals surface area (Å²) in [7, 11) is 0. The molecule has 5 rings (SSSR count). The maximum Gasteiger partial charge on any atom is 0.339 e. The fraction of sp³-hybridized carbons (Fsp3) is 0.370. The molecule has 2 aliphatic rings. The van der Waals surface area contributed by atoms with Gasteiger partial charge in [0.25, 0.3) is 5.91 Å². The molecule has 0 unspecified atom stereocenters. The number of para-hydroxylation sites is 1. The van der Waals surface area contributed by atoms with Crippen LogP contribution in [0.4, 0.5) is 0 Å². The van der Waals surface area contributed by atoms with Gasteiger partial charge in [-0.3, -0.25) is 14.7 Å². The summed E-state index contributed by atoms with van der Waals surface area (Å²) in [6.45, 7) is 3.62. The average Bonchev–Trinajstić information content (AvgIpc) is 2.87. The molecule has 3 heterocycles. The molecule has 0 bridgehead atoms. The predicted molar refractivity (Wildman–Crippen MR) is 127 cm³/mol. The van der Waals surface area contributed by atoms with E-state index in [1.807, 2.05) is 42.5 Å². The second kappa shape index (κ2) is 9.71. The van der Waals surface area contributed by atoms with Crippen molar-refractivity contribution in [2.75, 3.05) is 26.2 Å². The average molecular weight is 444 g/mol. The fourth-order valence-electron chi connectivity index (χ4n) is 4.89. The number of likely N-dealkylation sites (tertiary alicyclic amines) is 1. The lowest BCUT2D eigenvalue weighted by atomic mass is 9.95. The van der Waals surface area contributed by atoms with Gasteiger partial charge in [0.15, 0.2) is 6.61 Å². The SMILES string of the molecule is O=C(OCC(=O)N1CCCCC1)c1c2c(nc3ccccc13)CCN(Cc1ccccc1)C2. The number of amides is 1. The van der Waals surface area contributed by atoms with Gasteiger partial charge in [0.1, 0.15) is 0 Å². The van der Waals surface area contributed by atoms with Gasteiger partial charge in [-0.15, -0.1) is 0 Å². The second-order valence-electron chi connectivity index (χ2n) is 8.89. The summed E-state index contributed by atoms with van der Waals surface area (Å²) in [6.07, 6.45) is 3.96. The van der Waals surface area contributed by atoms with Crippen LogP contribution in [0.1, 0.15) is 46.4 Å². The number of ether oxygens (including phenoxy) is 1. The Morgan fingerprint density at radius 3 is 2.48 bits per heavy atom. The molecule has 0 N–H and O–H groups in total. The molecule has 1 fully saturated rings. The van der Waals surface area contributed by atoms with Crippen molar-refractivity contribution in [1.29, 1.82) is 0 Å². The minimum Gasteiger partial charge on any atom is -0.452 e. The third-order valence-electron chi connectivity index (χ3n) is 6.61. The van der Waals surface area contributed by atoms with Crippen molar-refractivity contribution in [1.82, 2.24) is 14.8 Å².